The molecule has 41 heavy (non-hydrogen) atoms. The van der Waals surface area contributed by atoms with Gasteiger partial charge in [0.05, 0.1) is 36.5 Å². The monoisotopic (exact) mass is 596 g/mol. The number of pyridine rings is 1. The molecule has 0 bridgehead atoms. The van der Waals surface area contributed by atoms with Crippen LogP contribution in [0.1, 0.15) is 40.2 Å². The Morgan fingerprint density at radius 1 is 1.20 bits per heavy atom. The number of nitrogens with zero attached hydrogens (tertiary/aromatic N) is 2. The zero-order valence-electron chi connectivity index (χ0n) is 22.2. The molecule has 214 valence electrons. The molecule has 3 amide bonds. The van der Waals surface area contributed by atoms with E-state index in [4.69, 9.17) is 32.2 Å². The number of hydrogen-bond donors (Lipinski definition) is 4. The van der Waals surface area contributed by atoms with E-state index >= 15 is 0 Å². The number of benzene rings is 1. The smallest absolute Gasteiger partial charge is 0.251 e. The summed E-state index contributed by atoms with van der Waals surface area (Å²) in [5, 5.41) is 15.5. The highest BCUT2D eigenvalue weighted by Crippen LogP contribution is 2.37. The molecule has 2 fully saturated rings. The highest BCUT2D eigenvalue weighted by atomic mass is 35.5. The minimum atomic E-state index is -1.24. The number of halogens is 1. The Balaban J connectivity index is 1.24. The van der Waals surface area contributed by atoms with Gasteiger partial charge in [0.2, 0.25) is 11.8 Å². The van der Waals surface area contributed by atoms with Gasteiger partial charge in [-0.05, 0) is 37.3 Å². The molecule has 4 heterocycles. The van der Waals surface area contributed by atoms with E-state index in [-0.39, 0.29) is 18.9 Å². The zero-order chi connectivity index (χ0) is 29.1. The molecule has 0 unspecified atom stereocenters. The maximum atomic E-state index is 13.5. The predicted molar refractivity (Wildman–Crippen MR) is 154 cm³/mol. The molecule has 11 nitrogen and oxygen atoms in total. The molecule has 1 spiro atoms. The number of nitrogen functional groups attached to an aromatic ring is 1. The minimum absolute atomic E-state index is 0.0538. The van der Waals surface area contributed by atoms with E-state index < -0.39 is 35.6 Å². The Bertz CT molecular complexity index is 1460. The second-order valence-corrected chi connectivity index (χ2v) is 11.1. The van der Waals surface area contributed by atoms with Crippen molar-refractivity contribution in [3.8, 4) is 11.3 Å². The predicted octanol–water partition coefficient (Wildman–Crippen LogP) is 2.70. The van der Waals surface area contributed by atoms with E-state index in [2.05, 4.69) is 15.6 Å². The largest absolute Gasteiger partial charge is 0.384 e. The standard InChI is InChI=1S/C28H29ClN6O5S/c1-16(22-12-19(15-41-22)25(30)31)34-27(38)24-28(39-10-11-40-28)8-9-35(24)23(36)14-33-26(37)18-4-2-17(3-5-18)21-7-6-20(29)13-32-21/h2-7,12-13,15-16,24H,8-11,14H2,1H3,(H3,30,31)(H,33,37)(H,34,38)/t16-,24+/m0/s1. The fraction of sp³-hybridized carbons (Fsp3) is 0.321. The first kappa shape index (κ1) is 28.7. The first-order valence-corrected chi connectivity index (χ1v) is 14.2. The van der Waals surface area contributed by atoms with Gasteiger partial charge in [0, 0.05) is 46.1 Å². The van der Waals surface area contributed by atoms with E-state index in [1.54, 1.807) is 54.0 Å². The van der Waals surface area contributed by atoms with Crippen molar-refractivity contribution in [3.05, 3.63) is 75.1 Å². The molecular weight excluding hydrogens is 568 g/mol. The average Bonchev–Trinajstić information content (AvgIpc) is 3.73. The second kappa shape index (κ2) is 12.0. The van der Waals surface area contributed by atoms with Crippen LogP contribution in [0.3, 0.4) is 0 Å². The molecule has 2 atom stereocenters. The van der Waals surface area contributed by atoms with Crippen LogP contribution in [0.5, 0.6) is 0 Å². The van der Waals surface area contributed by atoms with Crippen molar-refractivity contribution in [1.82, 2.24) is 20.5 Å². The number of ether oxygens (including phenoxy) is 2. The minimum Gasteiger partial charge on any atom is -0.384 e. The number of aromatic nitrogens is 1. The van der Waals surface area contributed by atoms with Gasteiger partial charge in [0.25, 0.3) is 5.91 Å². The van der Waals surface area contributed by atoms with Gasteiger partial charge in [-0.3, -0.25) is 24.8 Å². The van der Waals surface area contributed by atoms with Crippen LogP contribution >= 0.6 is 22.9 Å². The van der Waals surface area contributed by atoms with Crippen LogP contribution in [0.15, 0.2) is 54.0 Å². The molecule has 2 aliphatic heterocycles. The van der Waals surface area contributed by atoms with Crippen LogP contribution in [0.25, 0.3) is 11.3 Å². The molecule has 3 aromatic rings. The summed E-state index contributed by atoms with van der Waals surface area (Å²) in [5.41, 5.74) is 8.05. The van der Waals surface area contributed by atoms with Crippen molar-refractivity contribution in [2.24, 2.45) is 5.73 Å². The molecule has 0 radical (unpaired) electrons. The molecule has 0 aliphatic carbocycles. The fourth-order valence-corrected chi connectivity index (χ4v) is 5.97. The van der Waals surface area contributed by atoms with E-state index in [0.29, 0.717) is 41.5 Å². The van der Waals surface area contributed by atoms with Gasteiger partial charge in [0.1, 0.15) is 5.84 Å². The molecular formula is C28H29ClN6O5S. The number of rotatable bonds is 8. The zero-order valence-corrected chi connectivity index (χ0v) is 23.8. The third kappa shape index (κ3) is 6.10. The van der Waals surface area contributed by atoms with Crippen LogP contribution < -0.4 is 16.4 Å². The number of amides is 3. The highest BCUT2D eigenvalue weighted by Gasteiger charge is 2.57. The lowest BCUT2D eigenvalue weighted by Crippen LogP contribution is -2.57. The summed E-state index contributed by atoms with van der Waals surface area (Å²) in [4.78, 5) is 46.1. The van der Waals surface area contributed by atoms with Crippen LogP contribution in [0.4, 0.5) is 0 Å². The summed E-state index contributed by atoms with van der Waals surface area (Å²) in [6.45, 7) is 2.37. The maximum absolute atomic E-state index is 13.5. The first-order chi connectivity index (χ1) is 19.7. The Labute approximate surface area is 245 Å². The summed E-state index contributed by atoms with van der Waals surface area (Å²) in [6.07, 6.45) is 1.88. The van der Waals surface area contributed by atoms with Crippen LogP contribution in [-0.4, -0.2) is 71.6 Å². The average molecular weight is 597 g/mol. The number of likely N-dealkylation sites (tertiary alicyclic amines) is 1. The number of carbonyl (C=O) groups is 3. The van der Waals surface area contributed by atoms with Crippen molar-refractivity contribution in [3.63, 3.8) is 0 Å². The number of nitrogens with one attached hydrogen (secondary N) is 3. The van der Waals surface area contributed by atoms with Crippen LogP contribution in [0, 0.1) is 5.41 Å². The SMILES string of the molecule is C[C@H](NC(=O)[C@H]1N(C(=O)CNC(=O)c2ccc(-c3ccc(Cl)cn3)cc2)CCC12OCCO2)c1cc(C(=N)N)cs1. The Hall–Kier alpha value is -3.84. The Kier molecular flexibility index (Phi) is 8.36. The second-order valence-electron chi connectivity index (χ2n) is 9.75. The number of nitrogens with two attached hydrogens (primary N) is 1. The van der Waals surface area contributed by atoms with Crippen molar-refractivity contribution < 1.29 is 23.9 Å². The molecule has 13 heteroatoms. The molecule has 0 saturated carbocycles. The normalized spacial score (nSPS) is 18.3. The third-order valence-electron chi connectivity index (χ3n) is 7.06. The van der Waals surface area contributed by atoms with E-state index in [1.807, 2.05) is 6.92 Å². The molecule has 2 aromatic heterocycles. The summed E-state index contributed by atoms with van der Waals surface area (Å²) in [5.74, 6) is -2.58. The lowest BCUT2D eigenvalue weighted by Gasteiger charge is -2.33. The number of hydrogen-bond acceptors (Lipinski definition) is 8. The van der Waals surface area contributed by atoms with Gasteiger partial charge in [-0.1, -0.05) is 23.7 Å². The molecule has 2 saturated heterocycles. The van der Waals surface area contributed by atoms with Gasteiger partial charge >= 0.3 is 0 Å². The van der Waals surface area contributed by atoms with Crippen molar-refractivity contribution in [2.75, 3.05) is 26.3 Å². The third-order valence-corrected chi connectivity index (χ3v) is 8.40. The molecule has 1 aromatic carbocycles. The number of thiophene rings is 1. The van der Waals surface area contributed by atoms with Crippen LogP contribution in [-0.2, 0) is 19.1 Å². The quantitative estimate of drug-likeness (QED) is 0.230. The summed E-state index contributed by atoms with van der Waals surface area (Å²) in [7, 11) is 0. The van der Waals surface area contributed by atoms with Gasteiger partial charge in [-0.2, -0.15) is 0 Å². The van der Waals surface area contributed by atoms with E-state index in [0.717, 1.165) is 10.4 Å². The summed E-state index contributed by atoms with van der Waals surface area (Å²) >= 11 is 7.28. The summed E-state index contributed by atoms with van der Waals surface area (Å²) < 4.78 is 11.7. The molecule has 5 rings (SSSR count). The molecule has 2 aliphatic rings. The fourth-order valence-electron chi connectivity index (χ4n) is 4.95. The Morgan fingerprint density at radius 2 is 1.93 bits per heavy atom. The number of carbonyl (C=O) groups excluding carboxylic acids is 3. The Morgan fingerprint density at radius 3 is 2.56 bits per heavy atom. The lowest BCUT2D eigenvalue weighted by molar-refractivity contribution is -0.183. The first-order valence-electron chi connectivity index (χ1n) is 13.0. The van der Waals surface area contributed by atoms with E-state index in [9.17, 15) is 14.4 Å². The van der Waals surface area contributed by atoms with Crippen molar-refractivity contribution in [2.45, 2.75) is 31.2 Å². The lowest BCUT2D eigenvalue weighted by atomic mass is 10.1. The van der Waals surface area contributed by atoms with Gasteiger partial charge in [-0.15, -0.1) is 11.3 Å². The van der Waals surface area contributed by atoms with Gasteiger partial charge < -0.3 is 30.7 Å². The van der Waals surface area contributed by atoms with Crippen molar-refractivity contribution in [1.29, 1.82) is 5.41 Å². The summed E-state index contributed by atoms with van der Waals surface area (Å²) in [6, 6.07) is 10.7. The topological polar surface area (TPSA) is 160 Å². The highest BCUT2D eigenvalue weighted by molar-refractivity contribution is 7.10. The number of amidine groups is 1. The maximum Gasteiger partial charge on any atom is 0.251 e. The van der Waals surface area contributed by atoms with Crippen molar-refractivity contribution >= 4 is 46.5 Å². The van der Waals surface area contributed by atoms with Crippen LogP contribution in [0.2, 0.25) is 5.02 Å². The van der Waals surface area contributed by atoms with E-state index in [1.165, 1.54) is 16.2 Å². The molecule has 5 N–H and O–H groups in total. The van der Waals surface area contributed by atoms with Gasteiger partial charge in [0.15, 0.2) is 11.8 Å². The van der Waals surface area contributed by atoms with Gasteiger partial charge in [-0.25, -0.2) is 0 Å².